The van der Waals surface area contributed by atoms with E-state index < -0.39 is 0 Å². The molecule has 120 valence electrons. The molecule has 4 nitrogen and oxygen atoms in total. The van der Waals surface area contributed by atoms with E-state index in [1.165, 1.54) is 0 Å². The predicted octanol–water partition coefficient (Wildman–Crippen LogP) is 3.70. The van der Waals surface area contributed by atoms with Crippen LogP contribution in [-0.2, 0) is 11.4 Å². The van der Waals surface area contributed by atoms with Crippen molar-refractivity contribution in [3.05, 3.63) is 59.7 Å². The largest absolute Gasteiger partial charge is 0.392 e. The Morgan fingerprint density at radius 3 is 2.65 bits per heavy atom. The van der Waals surface area contributed by atoms with Crippen LogP contribution in [0.4, 0.5) is 11.4 Å². The van der Waals surface area contributed by atoms with E-state index in [2.05, 4.69) is 17.6 Å². The van der Waals surface area contributed by atoms with Gasteiger partial charge >= 0.3 is 0 Å². The summed E-state index contributed by atoms with van der Waals surface area (Å²) < 4.78 is 0. The standard InChI is InChI=1S/C19H22N2O2/c1-13(16-5-2-4-14(10-16)12-22)20-17-6-3-7-18(11-17)21-19(23)15-8-9-15/h2-7,10-11,13,15,20,22H,8-9,12H2,1H3,(H,21,23). The number of benzene rings is 2. The zero-order valence-electron chi connectivity index (χ0n) is 13.3. The molecule has 0 bridgehead atoms. The molecule has 0 saturated heterocycles. The van der Waals surface area contributed by atoms with Crippen LogP contribution in [0.15, 0.2) is 48.5 Å². The van der Waals surface area contributed by atoms with E-state index in [-0.39, 0.29) is 24.5 Å². The number of hydrogen-bond acceptors (Lipinski definition) is 3. The molecule has 1 unspecified atom stereocenters. The first-order valence-corrected chi connectivity index (χ1v) is 8.03. The molecule has 1 saturated carbocycles. The molecule has 0 radical (unpaired) electrons. The first-order valence-electron chi connectivity index (χ1n) is 8.03. The van der Waals surface area contributed by atoms with Gasteiger partial charge in [0.25, 0.3) is 0 Å². The van der Waals surface area contributed by atoms with Crippen LogP contribution in [0.25, 0.3) is 0 Å². The summed E-state index contributed by atoms with van der Waals surface area (Å²) in [6.07, 6.45) is 2.00. The highest BCUT2D eigenvalue weighted by Gasteiger charge is 2.29. The summed E-state index contributed by atoms with van der Waals surface area (Å²) in [6.45, 7) is 2.12. The molecule has 1 atom stereocenters. The summed E-state index contributed by atoms with van der Waals surface area (Å²) in [4.78, 5) is 11.8. The minimum Gasteiger partial charge on any atom is -0.392 e. The lowest BCUT2D eigenvalue weighted by molar-refractivity contribution is -0.117. The number of aliphatic hydroxyl groups excluding tert-OH is 1. The van der Waals surface area contributed by atoms with Gasteiger partial charge in [-0.15, -0.1) is 0 Å². The van der Waals surface area contributed by atoms with Crippen molar-refractivity contribution < 1.29 is 9.90 Å². The van der Waals surface area contributed by atoms with Gasteiger partial charge in [0.1, 0.15) is 0 Å². The average molecular weight is 310 g/mol. The minimum absolute atomic E-state index is 0.0449. The zero-order valence-corrected chi connectivity index (χ0v) is 13.3. The second kappa shape index (κ2) is 6.84. The molecule has 1 aliphatic carbocycles. The summed E-state index contributed by atoms with van der Waals surface area (Å²) in [6, 6.07) is 15.8. The van der Waals surface area contributed by atoms with Crippen LogP contribution in [0.2, 0.25) is 0 Å². The Labute approximate surface area is 136 Å². The van der Waals surface area contributed by atoms with Crippen LogP contribution >= 0.6 is 0 Å². The highest BCUT2D eigenvalue weighted by Crippen LogP contribution is 2.30. The van der Waals surface area contributed by atoms with Crippen molar-refractivity contribution in [2.45, 2.75) is 32.4 Å². The van der Waals surface area contributed by atoms with E-state index >= 15 is 0 Å². The van der Waals surface area contributed by atoms with E-state index in [0.29, 0.717) is 0 Å². The second-order valence-electron chi connectivity index (χ2n) is 6.11. The quantitative estimate of drug-likeness (QED) is 0.762. The Morgan fingerprint density at radius 1 is 1.17 bits per heavy atom. The summed E-state index contributed by atoms with van der Waals surface area (Å²) in [5.41, 5.74) is 3.80. The fourth-order valence-electron chi connectivity index (χ4n) is 2.57. The van der Waals surface area contributed by atoms with Gasteiger partial charge in [0, 0.05) is 23.3 Å². The Balaban J connectivity index is 1.67. The fraction of sp³-hybridized carbons (Fsp3) is 0.316. The van der Waals surface area contributed by atoms with E-state index in [1.54, 1.807) is 0 Å². The van der Waals surface area contributed by atoms with Gasteiger partial charge in [0.05, 0.1) is 6.61 Å². The normalized spacial score (nSPS) is 15.0. The Kier molecular flexibility index (Phi) is 4.63. The molecule has 2 aromatic carbocycles. The van der Waals surface area contributed by atoms with Gasteiger partial charge < -0.3 is 15.7 Å². The fourth-order valence-corrected chi connectivity index (χ4v) is 2.57. The molecular weight excluding hydrogens is 288 g/mol. The molecule has 0 spiro atoms. The molecule has 3 rings (SSSR count). The van der Waals surface area contributed by atoms with Gasteiger partial charge in [-0.2, -0.15) is 0 Å². The smallest absolute Gasteiger partial charge is 0.227 e. The number of carbonyl (C=O) groups is 1. The molecular formula is C19H22N2O2. The van der Waals surface area contributed by atoms with Crippen LogP contribution in [-0.4, -0.2) is 11.0 Å². The van der Waals surface area contributed by atoms with Gasteiger partial charge in [-0.05, 0) is 49.1 Å². The molecule has 1 amide bonds. The highest BCUT2D eigenvalue weighted by atomic mass is 16.3. The topological polar surface area (TPSA) is 61.4 Å². The highest BCUT2D eigenvalue weighted by molar-refractivity contribution is 5.94. The number of anilines is 2. The second-order valence-corrected chi connectivity index (χ2v) is 6.11. The van der Waals surface area contributed by atoms with E-state index in [9.17, 15) is 9.90 Å². The molecule has 0 aromatic heterocycles. The lowest BCUT2D eigenvalue weighted by atomic mass is 10.1. The van der Waals surface area contributed by atoms with Crippen molar-refractivity contribution in [1.82, 2.24) is 0 Å². The summed E-state index contributed by atoms with van der Waals surface area (Å²) in [7, 11) is 0. The number of carbonyl (C=O) groups excluding carboxylic acids is 1. The number of amides is 1. The average Bonchev–Trinajstić information content (AvgIpc) is 3.40. The Bertz CT molecular complexity index is 695. The maximum atomic E-state index is 11.8. The lowest BCUT2D eigenvalue weighted by Crippen LogP contribution is -2.13. The van der Waals surface area contributed by atoms with Crippen LogP contribution in [0, 0.1) is 5.92 Å². The van der Waals surface area contributed by atoms with Crippen molar-refractivity contribution in [2.75, 3.05) is 10.6 Å². The molecule has 0 aliphatic heterocycles. The maximum Gasteiger partial charge on any atom is 0.227 e. The van der Waals surface area contributed by atoms with Crippen LogP contribution in [0.5, 0.6) is 0 Å². The number of aliphatic hydroxyl groups is 1. The number of rotatable bonds is 6. The zero-order chi connectivity index (χ0) is 16.2. The summed E-state index contributed by atoms with van der Waals surface area (Å²) in [5, 5.41) is 15.6. The van der Waals surface area contributed by atoms with E-state index in [0.717, 1.165) is 35.3 Å². The maximum absolute atomic E-state index is 11.8. The molecule has 3 N–H and O–H groups in total. The summed E-state index contributed by atoms with van der Waals surface area (Å²) >= 11 is 0. The molecule has 23 heavy (non-hydrogen) atoms. The summed E-state index contributed by atoms with van der Waals surface area (Å²) in [5.74, 6) is 0.317. The SMILES string of the molecule is CC(Nc1cccc(NC(=O)C2CC2)c1)c1cccc(CO)c1. The van der Waals surface area contributed by atoms with Gasteiger partial charge in [0.2, 0.25) is 5.91 Å². The Hall–Kier alpha value is -2.33. The van der Waals surface area contributed by atoms with Gasteiger partial charge in [0.15, 0.2) is 0 Å². The first kappa shape index (κ1) is 15.6. The monoisotopic (exact) mass is 310 g/mol. The first-order chi connectivity index (χ1) is 11.2. The molecule has 1 aliphatic rings. The third-order valence-electron chi connectivity index (χ3n) is 4.10. The van der Waals surface area contributed by atoms with E-state index in [1.807, 2.05) is 48.5 Å². The van der Waals surface area contributed by atoms with Gasteiger partial charge in [-0.25, -0.2) is 0 Å². The third kappa shape index (κ3) is 4.11. The lowest BCUT2D eigenvalue weighted by Gasteiger charge is -2.17. The molecule has 2 aromatic rings. The Morgan fingerprint density at radius 2 is 1.91 bits per heavy atom. The predicted molar refractivity (Wildman–Crippen MR) is 92.2 cm³/mol. The van der Waals surface area contributed by atoms with Gasteiger partial charge in [-0.1, -0.05) is 30.3 Å². The van der Waals surface area contributed by atoms with Crippen molar-refractivity contribution in [3.63, 3.8) is 0 Å². The molecule has 4 heteroatoms. The number of hydrogen-bond donors (Lipinski definition) is 3. The van der Waals surface area contributed by atoms with Crippen LogP contribution in [0.3, 0.4) is 0 Å². The van der Waals surface area contributed by atoms with Crippen molar-refractivity contribution in [3.8, 4) is 0 Å². The van der Waals surface area contributed by atoms with Crippen LogP contribution < -0.4 is 10.6 Å². The molecule has 1 fully saturated rings. The minimum atomic E-state index is 0.0449. The van der Waals surface area contributed by atoms with Crippen LogP contribution in [0.1, 0.15) is 36.9 Å². The molecule has 0 heterocycles. The third-order valence-corrected chi connectivity index (χ3v) is 4.10. The van der Waals surface area contributed by atoms with Crippen molar-refractivity contribution in [2.24, 2.45) is 5.92 Å². The number of nitrogens with one attached hydrogen (secondary N) is 2. The van der Waals surface area contributed by atoms with Crippen molar-refractivity contribution >= 4 is 17.3 Å². The van der Waals surface area contributed by atoms with Gasteiger partial charge in [-0.3, -0.25) is 4.79 Å². The van der Waals surface area contributed by atoms with E-state index in [4.69, 9.17) is 0 Å². The van der Waals surface area contributed by atoms with Crippen molar-refractivity contribution in [1.29, 1.82) is 0 Å².